The fourth-order valence-corrected chi connectivity index (χ4v) is 1.38. The molecule has 0 spiro atoms. The second kappa shape index (κ2) is 7.45. The number of ether oxygens (including phenoxy) is 1. The Labute approximate surface area is 105 Å². The van der Waals surface area contributed by atoms with Gasteiger partial charge in [-0.15, -0.1) is 0 Å². The number of hydrogen-bond donors (Lipinski definition) is 2. The SMILES string of the molecule is O=C(O)CC[C@@H](O)CC(=O)OCc1ccccc1. The molecule has 0 fully saturated rings. The highest BCUT2D eigenvalue weighted by Crippen LogP contribution is 2.06. The van der Waals surface area contributed by atoms with Crippen molar-refractivity contribution in [2.75, 3.05) is 0 Å². The maximum absolute atomic E-state index is 11.3. The molecule has 0 unspecified atom stereocenters. The number of benzene rings is 1. The molecular weight excluding hydrogens is 236 g/mol. The van der Waals surface area contributed by atoms with Gasteiger partial charge < -0.3 is 14.9 Å². The molecule has 1 aromatic carbocycles. The quantitative estimate of drug-likeness (QED) is 0.715. The summed E-state index contributed by atoms with van der Waals surface area (Å²) in [5.41, 5.74) is 0.867. The minimum absolute atomic E-state index is 0.0514. The van der Waals surface area contributed by atoms with Crippen LogP contribution in [0.3, 0.4) is 0 Å². The molecule has 0 saturated heterocycles. The Morgan fingerprint density at radius 3 is 2.50 bits per heavy atom. The molecule has 0 amide bonds. The van der Waals surface area contributed by atoms with E-state index in [1.165, 1.54) is 0 Å². The minimum atomic E-state index is -0.994. The Hall–Kier alpha value is -1.88. The predicted molar refractivity (Wildman–Crippen MR) is 63.7 cm³/mol. The van der Waals surface area contributed by atoms with Gasteiger partial charge in [-0.2, -0.15) is 0 Å². The molecule has 0 bridgehead atoms. The van der Waals surface area contributed by atoms with E-state index in [1.54, 1.807) is 0 Å². The van der Waals surface area contributed by atoms with Crippen molar-refractivity contribution in [2.24, 2.45) is 0 Å². The van der Waals surface area contributed by atoms with Crippen LogP contribution in [0.4, 0.5) is 0 Å². The molecular formula is C13H16O5. The maximum atomic E-state index is 11.3. The van der Waals surface area contributed by atoms with Gasteiger partial charge in [0, 0.05) is 6.42 Å². The lowest BCUT2D eigenvalue weighted by Crippen LogP contribution is -2.16. The Balaban J connectivity index is 2.23. The van der Waals surface area contributed by atoms with Crippen LogP contribution in [0.1, 0.15) is 24.8 Å². The number of aliphatic hydroxyl groups excluding tert-OH is 1. The summed E-state index contributed by atoms with van der Waals surface area (Å²) in [6.45, 7) is 0.158. The van der Waals surface area contributed by atoms with E-state index in [0.717, 1.165) is 5.56 Å². The molecule has 0 aliphatic rings. The van der Waals surface area contributed by atoms with Gasteiger partial charge in [-0.3, -0.25) is 9.59 Å². The number of carbonyl (C=O) groups excluding carboxylic acids is 1. The summed E-state index contributed by atoms with van der Waals surface area (Å²) in [6.07, 6.45) is -1.26. The highest BCUT2D eigenvalue weighted by Gasteiger charge is 2.13. The molecule has 1 rings (SSSR count). The van der Waals surface area contributed by atoms with E-state index in [0.29, 0.717) is 0 Å². The third kappa shape index (κ3) is 6.00. The second-order valence-electron chi connectivity index (χ2n) is 3.94. The third-order valence-electron chi connectivity index (χ3n) is 2.34. The molecule has 5 heteroatoms. The van der Waals surface area contributed by atoms with Gasteiger partial charge in [0.2, 0.25) is 0 Å². The lowest BCUT2D eigenvalue weighted by molar-refractivity contribution is -0.148. The Morgan fingerprint density at radius 2 is 1.89 bits per heavy atom. The molecule has 1 atom stereocenters. The molecule has 0 saturated carbocycles. The first kappa shape index (κ1) is 14.2. The summed E-state index contributed by atoms with van der Waals surface area (Å²) in [5, 5.41) is 17.8. The Morgan fingerprint density at radius 1 is 1.22 bits per heavy atom. The summed E-state index contributed by atoms with van der Waals surface area (Å²) >= 11 is 0. The van der Waals surface area contributed by atoms with E-state index < -0.39 is 18.0 Å². The molecule has 18 heavy (non-hydrogen) atoms. The zero-order valence-electron chi connectivity index (χ0n) is 9.91. The monoisotopic (exact) mass is 252 g/mol. The Kier molecular flexibility index (Phi) is 5.87. The summed E-state index contributed by atoms with van der Waals surface area (Å²) in [5.74, 6) is -1.52. The van der Waals surface area contributed by atoms with Crippen molar-refractivity contribution in [3.63, 3.8) is 0 Å². The molecule has 0 heterocycles. The number of carboxylic acids is 1. The third-order valence-corrected chi connectivity index (χ3v) is 2.34. The standard InChI is InChI=1S/C13H16O5/c14-11(6-7-12(15)16)8-13(17)18-9-10-4-2-1-3-5-10/h1-5,11,14H,6-9H2,(H,15,16)/t11-/m1/s1. The van der Waals surface area contributed by atoms with E-state index in [-0.39, 0.29) is 25.9 Å². The summed E-state index contributed by atoms with van der Waals surface area (Å²) in [4.78, 5) is 21.6. The minimum Gasteiger partial charge on any atom is -0.481 e. The molecule has 0 aliphatic heterocycles. The van der Waals surface area contributed by atoms with Gasteiger partial charge in [-0.05, 0) is 12.0 Å². The fraction of sp³-hybridized carbons (Fsp3) is 0.385. The van der Waals surface area contributed by atoms with Crippen molar-refractivity contribution < 1.29 is 24.5 Å². The van der Waals surface area contributed by atoms with Crippen molar-refractivity contribution in [1.82, 2.24) is 0 Å². The van der Waals surface area contributed by atoms with Crippen LogP contribution >= 0.6 is 0 Å². The lowest BCUT2D eigenvalue weighted by Gasteiger charge is -2.09. The van der Waals surface area contributed by atoms with Crippen LogP contribution in [0, 0.1) is 0 Å². The van der Waals surface area contributed by atoms with Crippen molar-refractivity contribution in [1.29, 1.82) is 0 Å². The van der Waals surface area contributed by atoms with E-state index in [2.05, 4.69) is 0 Å². The number of aliphatic carboxylic acids is 1. The average Bonchev–Trinajstić information content (AvgIpc) is 2.35. The van der Waals surface area contributed by atoms with Gasteiger partial charge in [-0.1, -0.05) is 30.3 Å². The number of carbonyl (C=O) groups is 2. The van der Waals surface area contributed by atoms with Crippen LogP contribution in [0.2, 0.25) is 0 Å². The Bertz CT molecular complexity index is 388. The van der Waals surface area contributed by atoms with Crippen LogP contribution in [0.5, 0.6) is 0 Å². The topological polar surface area (TPSA) is 83.8 Å². The first-order chi connectivity index (χ1) is 8.58. The van der Waals surface area contributed by atoms with Gasteiger partial charge in [0.15, 0.2) is 0 Å². The molecule has 2 N–H and O–H groups in total. The number of esters is 1. The predicted octanol–water partition coefficient (Wildman–Crippen LogP) is 1.35. The summed E-state index contributed by atoms with van der Waals surface area (Å²) < 4.78 is 4.96. The van der Waals surface area contributed by atoms with Gasteiger partial charge in [-0.25, -0.2) is 0 Å². The number of hydrogen-bond acceptors (Lipinski definition) is 4. The second-order valence-corrected chi connectivity index (χ2v) is 3.94. The lowest BCUT2D eigenvalue weighted by atomic mass is 10.1. The van der Waals surface area contributed by atoms with Crippen LogP contribution in [-0.4, -0.2) is 28.3 Å². The van der Waals surface area contributed by atoms with Gasteiger partial charge in [0.25, 0.3) is 0 Å². The van der Waals surface area contributed by atoms with Crippen molar-refractivity contribution >= 4 is 11.9 Å². The van der Waals surface area contributed by atoms with E-state index in [1.807, 2.05) is 30.3 Å². The van der Waals surface area contributed by atoms with E-state index in [4.69, 9.17) is 9.84 Å². The largest absolute Gasteiger partial charge is 0.481 e. The maximum Gasteiger partial charge on any atom is 0.308 e. The molecule has 0 aliphatic carbocycles. The molecule has 98 valence electrons. The molecule has 0 radical (unpaired) electrons. The molecule has 5 nitrogen and oxygen atoms in total. The zero-order valence-corrected chi connectivity index (χ0v) is 9.91. The fourth-order valence-electron chi connectivity index (χ4n) is 1.38. The van der Waals surface area contributed by atoms with Crippen molar-refractivity contribution in [3.05, 3.63) is 35.9 Å². The van der Waals surface area contributed by atoms with Crippen LogP contribution in [0.15, 0.2) is 30.3 Å². The normalized spacial score (nSPS) is 11.8. The van der Waals surface area contributed by atoms with Crippen LogP contribution in [0.25, 0.3) is 0 Å². The van der Waals surface area contributed by atoms with Gasteiger partial charge in [0.1, 0.15) is 6.61 Å². The smallest absolute Gasteiger partial charge is 0.308 e. The summed E-state index contributed by atoms with van der Waals surface area (Å²) in [6, 6.07) is 9.19. The first-order valence-electron chi connectivity index (χ1n) is 5.67. The summed E-state index contributed by atoms with van der Waals surface area (Å²) in [7, 11) is 0. The van der Waals surface area contributed by atoms with E-state index >= 15 is 0 Å². The average molecular weight is 252 g/mol. The van der Waals surface area contributed by atoms with Crippen molar-refractivity contribution in [3.8, 4) is 0 Å². The first-order valence-corrected chi connectivity index (χ1v) is 5.67. The van der Waals surface area contributed by atoms with Crippen LogP contribution < -0.4 is 0 Å². The highest BCUT2D eigenvalue weighted by atomic mass is 16.5. The van der Waals surface area contributed by atoms with Gasteiger partial charge >= 0.3 is 11.9 Å². The molecule has 0 aromatic heterocycles. The molecule has 1 aromatic rings. The number of aliphatic hydroxyl groups is 1. The number of rotatable bonds is 7. The highest BCUT2D eigenvalue weighted by molar-refractivity contribution is 5.70. The van der Waals surface area contributed by atoms with Crippen LogP contribution in [-0.2, 0) is 20.9 Å². The van der Waals surface area contributed by atoms with Crippen molar-refractivity contribution in [2.45, 2.75) is 32.0 Å². The zero-order chi connectivity index (χ0) is 13.4. The van der Waals surface area contributed by atoms with E-state index in [9.17, 15) is 14.7 Å². The van der Waals surface area contributed by atoms with Gasteiger partial charge in [0.05, 0.1) is 12.5 Å². The number of carboxylic acid groups (broad SMARTS) is 1.